The van der Waals surface area contributed by atoms with Gasteiger partial charge in [-0.05, 0) is 31.2 Å². The van der Waals surface area contributed by atoms with Crippen molar-refractivity contribution >= 4 is 11.9 Å². The summed E-state index contributed by atoms with van der Waals surface area (Å²) in [5.74, 6) is -0.368. The van der Waals surface area contributed by atoms with Gasteiger partial charge >= 0.3 is 5.97 Å². The smallest absolute Gasteiger partial charge is 0.356 e. The van der Waals surface area contributed by atoms with Gasteiger partial charge in [-0.3, -0.25) is 9.48 Å². The van der Waals surface area contributed by atoms with Gasteiger partial charge in [0.15, 0.2) is 11.5 Å². The molecular weight excluding hydrogens is 334 g/mol. The van der Waals surface area contributed by atoms with Gasteiger partial charge in [-0.25, -0.2) is 4.79 Å². The fourth-order valence-electron chi connectivity index (χ4n) is 3.11. The van der Waals surface area contributed by atoms with Crippen LogP contribution in [-0.2, 0) is 13.1 Å². The number of carboxylic acid groups (broad SMARTS) is 1. The normalized spacial score (nSPS) is 13.5. The maximum Gasteiger partial charge on any atom is 0.356 e. The fraction of sp³-hybridized carbons (Fsp3) is 0.211. The summed E-state index contributed by atoms with van der Waals surface area (Å²) < 4.78 is 7.40. The van der Waals surface area contributed by atoms with Gasteiger partial charge < -0.3 is 14.4 Å². The molecule has 26 heavy (non-hydrogen) atoms. The van der Waals surface area contributed by atoms with Crippen LogP contribution in [0.5, 0.6) is 0 Å². The highest BCUT2D eigenvalue weighted by Gasteiger charge is 2.26. The number of carbonyl (C=O) groups excluding carboxylic acids is 1. The molecule has 1 aliphatic rings. The quantitative estimate of drug-likeness (QED) is 0.784. The van der Waals surface area contributed by atoms with Crippen LogP contribution >= 0.6 is 0 Å². The number of nitrogens with zero attached hydrogens (tertiary/aromatic N) is 3. The minimum absolute atomic E-state index is 0.00553. The topological polar surface area (TPSA) is 88.6 Å². The maximum absolute atomic E-state index is 12.7. The Labute approximate surface area is 149 Å². The fourth-order valence-corrected chi connectivity index (χ4v) is 3.11. The monoisotopic (exact) mass is 351 g/mol. The Morgan fingerprint density at radius 3 is 2.77 bits per heavy atom. The average Bonchev–Trinajstić information content (AvgIpc) is 3.27. The molecule has 0 saturated carbocycles. The van der Waals surface area contributed by atoms with Crippen LogP contribution in [0.25, 0.3) is 11.3 Å². The molecule has 1 aromatic carbocycles. The molecule has 3 heterocycles. The van der Waals surface area contributed by atoms with E-state index in [9.17, 15) is 9.59 Å². The van der Waals surface area contributed by atoms with E-state index >= 15 is 0 Å². The zero-order valence-electron chi connectivity index (χ0n) is 14.2. The number of aryl methyl sites for hydroxylation is 1. The predicted molar refractivity (Wildman–Crippen MR) is 92.8 cm³/mol. The molecule has 0 unspecified atom stereocenters. The number of hydrogen-bond acceptors (Lipinski definition) is 4. The summed E-state index contributed by atoms with van der Waals surface area (Å²) in [6.07, 6.45) is 0. The van der Waals surface area contributed by atoms with Crippen molar-refractivity contribution in [2.45, 2.75) is 20.0 Å². The molecule has 3 aromatic rings. The predicted octanol–water partition coefficient (Wildman–Crippen LogP) is 2.81. The molecule has 7 nitrogen and oxygen atoms in total. The van der Waals surface area contributed by atoms with Crippen molar-refractivity contribution in [1.82, 2.24) is 14.7 Å². The molecule has 1 N–H and O–H groups in total. The third-order valence-electron chi connectivity index (χ3n) is 4.42. The number of furan rings is 1. The number of carbonyl (C=O) groups is 2. The first-order valence-corrected chi connectivity index (χ1v) is 8.27. The van der Waals surface area contributed by atoms with Crippen LogP contribution in [-0.4, -0.2) is 38.2 Å². The third kappa shape index (κ3) is 2.88. The zero-order chi connectivity index (χ0) is 18.3. The maximum atomic E-state index is 12.7. The Bertz CT molecular complexity index is 1000. The van der Waals surface area contributed by atoms with Crippen molar-refractivity contribution in [2.24, 2.45) is 0 Å². The van der Waals surface area contributed by atoms with E-state index in [1.807, 2.05) is 31.2 Å². The molecule has 0 fully saturated rings. The highest BCUT2D eigenvalue weighted by atomic mass is 16.4. The molecule has 1 amide bonds. The molecular formula is C19H17N3O4. The molecule has 7 heteroatoms. The second kappa shape index (κ2) is 6.18. The number of amides is 1. The van der Waals surface area contributed by atoms with E-state index in [1.54, 1.807) is 21.7 Å². The van der Waals surface area contributed by atoms with Gasteiger partial charge in [0.05, 0.1) is 18.8 Å². The lowest BCUT2D eigenvalue weighted by Crippen LogP contribution is -2.38. The lowest BCUT2D eigenvalue weighted by atomic mass is 10.1. The molecule has 0 aliphatic carbocycles. The Morgan fingerprint density at radius 2 is 2.00 bits per heavy atom. The van der Waals surface area contributed by atoms with Gasteiger partial charge in [0.25, 0.3) is 5.91 Å². The van der Waals surface area contributed by atoms with Crippen molar-refractivity contribution in [3.8, 4) is 11.3 Å². The molecule has 0 bridgehead atoms. The van der Waals surface area contributed by atoms with Crippen molar-refractivity contribution in [3.05, 3.63) is 65.2 Å². The highest BCUT2D eigenvalue weighted by molar-refractivity contribution is 5.92. The SMILES string of the molecule is Cc1cccc(-c2ccc(C(=O)N3CCn4nc(C(=O)O)cc4C3)o2)c1. The second-order valence-electron chi connectivity index (χ2n) is 6.31. The van der Waals surface area contributed by atoms with Crippen molar-refractivity contribution in [1.29, 1.82) is 0 Å². The van der Waals surface area contributed by atoms with Crippen LogP contribution in [0.2, 0.25) is 0 Å². The Morgan fingerprint density at radius 1 is 1.15 bits per heavy atom. The summed E-state index contributed by atoms with van der Waals surface area (Å²) >= 11 is 0. The lowest BCUT2D eigenvalue weighted by molar-refractivity contribution is 0.0665. The van der Waals surface area contributed by atoms with E-state index in [0.717, 1.165) is 11.1 Å². The number of rotatable bonds is 3. The molecule has 0 saturated heterocycles. The van der Waals surface area contributed by atoms with E-state index in [4.69, 9.17) is 9.52 Å². The zero-order valence-corrected chi connectivity index (χ0v) is 14.2. The summed E-state index contributed by atoms with van der Waals surface area (Å²) in [4.78, 5) is 25.4. The van der Waals surface area contributed by atoms with Gasteiger partial charge in [0.2, 0.25) is 0 Å². The first kappa shape index (κ1) is 16.1. The van der Waals surface area contributed by atoms with E-state index in [2.05, 4.69) is 5.10 Å². The number of hydrogen-bond donors (Lipinski definition) is 1. The summed E-state index contributed by atoms with van der Waals surface area (Å²) in [6, 6.07) is 12.9. The Balaban J connectivity index is 1.54. The van der Waals surface area contributed by atoms with Crippen molar-refractivity contribution in [3.63, 3.8) is 0 Å². The van der Waals surface area contributed by atoms with Gasteiger partial charge in [-0.2, -0.15) is 5.10 Å². The van der Waals surface area contributed by atoms with Gasteiger partial charge in [-0.1, -0.05) is 23.8 Å². The highest BCUT2D eigenvalue weighted by Crippen LogP contribution is 2.25. The summed E-state index contributed by atoms with van der Waals surface area (Å²) in [5, 5.41) is 13.1. The molecule has 132 valence electrons. The van der Waals surface area contributed by atoms with Crippen LogP contribution in [0.15, 0.2) is 46.9 Å². The lowest BCUT2D eigenvalue weighted by Gasteiger charge is -2.26. The summed E-state index contributed by atoms with van der Waals surface area (Å²) in [5.41, 5.74) is 2.73. The Kier molecular flexibility index (Phi) is 3.84. The largest absolute Gasteiger partial charge is 0.476 e. The van der Waals surface area contributed by atoms with Crippen molar-refractivity contribution in [2.75, 3.05) is 6.54 Å². The van der Waals surface area contributed by atoms with Crippen LogP contribution in [0.3, 0.4) is 0 Å². The van der Waals surface area contributed by atoms with E-state index in [1.165, 1.54) is 6.07 Å². The summed E-state index contributed by atoms with van der Waals surface area (Å²) in [6.45, 7) is 3.22. The van der Waals surface area contributed by atoms with E-state index < -0.39 is 5.97 Å². The molecule has 2 aromatic heterocycles. The minimum Gasteiger partial charge on any atom is -0.476 e. The van der Waals surface area contributed by atoms with Gasteiger partial charge in [-0.15, -0.1) is 0 Å². The molecule has 1 aliphatic heterocycles. The number of aromatic carboxylic acids is 1. The van der Waals surface area contributed by atoms with Gasteiger partial charge in [0.1, 0.15) is 5.76 Å². The Hall–Kier alpha value is -3.35. The van der Waals surface area contributed by atoms with Gasteiger partial charge in [0, 0.05) is 12.1 Å². The van der Waals surface area contributed by atoms with Crippen LogP contribution in [0.1, 0.15) is 32.3 Å². The average molecular weight is 351 g/mol. The van der Waals surface area contributed by atoms with Crippen molar-refractivity contribution < 1.29 is 19.1 Å². The molecule has 0 spiro atoms. The molecule has 0 radical (unpaired) electrons. The van der Waals surface area contributed by atoms with Crippen LogP contribution in [0, 0.1) is 6.92 Å². The number of fused-ring (bicyclic) bond motifs is 1. The number of aromatic nitrogens is 2. The first-order chi connectivity index (χ1) is 12.5. The second-order valence-corrected chi connectivity index (χ2v) is 6.31. The third-order valence-corrected chi connectivity index (χ3v) is 4.42. The molecule has 4 rings (SSSR count). The van der Waals surface area contributed by atoms with E-state index in [0.29, 0.717) is 31.1 Å². The van der Waals surface area contributed by atoms with Crippen LogP contribution in [0.4, 0.5) is 0 Å². The number of carboxylic acids is 1. The minimum atomic E-state index is -1.07. The van der Waals surface area contributed by atoms with E-state index in [-0.39, 0.29) is 17.4 Å². The first-order valence-electron chi connectivity index (χ1n) is 8.27. The standard InChI is InChI=1S/C19H17N3O4/c1-12-3-2-4-13(9-12)16-5-6-17(26-16)18(23)21-7-8-22-14(11-21)10-15(20-22)19(24)25/h2-6,9-10H,7-8,11H2,1H3,(H,24,25). The number of benzene rings is 1. The summed E-state index contributed by atoms with van der Waals surface area (Å²) in [7, 11) is 0. The van der Waals surface area contributed by atoms with Crippen LogP contribution < -0.4 is 0 Å². The molecule has 0 atom stereocenters.